The van der Waals surface area contributed by atoms with Gasteiger partial charge in [0.25, 0.3) is 5.91 Å². The lowest BCUT2D eigenvalue weighted by Gasteiger charge is -2.18. The van der Waals surface area contributed by atoms with Gasteiger partial charge in [0.1, 0.15) is 0 Å². The van der Waals surface area contributed by atoms with Crippen LogP contribution in [0.15, 0.2) is 36.4 Å². The van der Waals surface area contributed by atoms with Crippen molar-refractivity contribution in [2.24, 2.45) is 0 Å². The number of nitrogens with one attached hydrogen (secondary N) is 2. The summed E-state index contributed by atoms with van der Waals surface area (Å²) in [4.78, 5) is 12.6. The van der Waals surface area contributed by atoms with Gasteiger partial charge in [0.15, 0.2) is 0 Å². The van der Waals surface area contributed by atoms with Crippen LogP contribution in [0.5, 0.6) is 0 Å². The summed E-state index contributed by atoms with van der Waals surface area (Å²) in [6.45, 7) is 5.88. The number of carbonyl (C=O) groups is 1. The molecule has 0 aliphatic rings. The molecule has 0 saturated carbocycles. The van der Waals surface area contributed by atoms with E-state index in [1.165, 1.54) is 18.2 Å². The summed E-state index contributed by atoms with van der Waals surface area (Å²) in [5.41, 5.74) is 3.72. The molecule has 0 aromatic heterocycles. The molecule has 1 atom stereocenters. The number of anilines is 1. The minimum absolute atomic E-state index is 0.213. The van der Waals surface area contributed by atoms with Gasteiger partial charge < -0.3 is 5.32 Å². The van der Waals surface area contributed by atoms with E-state index in [0.29, 0.717) is 0 Å². The van der Waals surface area contributed by atoms with Gasteiger partial charge in [0, 0.05) is 5.69 Å². The lowest BCUT2D eigenvalue weighted by atomic mass is 9.99. The second kappa shape index (κ2) is 7.45. The van der Waals surface area contributed by atoms with Crippen molar-refractivity contribution < 1.29 is 13.2 Å². The van der Waals surface area contributed by atoms with Gasteiger partial charge in [-0.1, -0.05) is 35.4 Å². The van der Waals surface area contributed by atoms with E-state index in [1.54, 1.807) is 0 Å². The van der Waals surface area contributed by atoms with Gasteiger partial charge in [-0.3, -0.25) is 9.52 Å². The molecule has 0 fully saturated rings. The first-order chi connectivity index (χ1) is 11.6. The zero-order chi connectivity index (χ0) is 18.8. The Balaban J connectivity index is 2.25. The molecule has 0 aliphatic carbocycles. The van der Waals surface area contributed by atoms with Crippen LogP contribution < -0.4 is 10.0 Å². The zero-order valence-electron chi connectivity index (χ0n) is 14.6. The van der Waals surface area contributed by atoms with Crippen LogP contribution in [0.25, 0.3) is 0 Å². The largest absolute Gasteiger partial charge is 0.345 e. The fourth-order valence-corrected chi connectivity index (χ4v) is 3.31. The molecule has 0 radical (unpaired) electrons. The molecule has 134 valence electrons. The van der Waals surface area contributed by atoms with E-state index in [2.05, 4.69) is 10.0 Å². The van der Waals surface area contributed by atoms with E-state index in [0.717, 1.165) is 22.9 Å². The Hall–Kier alpha value is -2.05. The molecular formula is C18H21ClN2O3S. The van der Waals surface area contributed by atoms with Gasteiger partial charge in [-0.25, -0.2) is 8.42 Å². The Morgan fingerprint density at radius 3 is 2.44 bits per heavy atom. The van der Waals surface area contributed by atoms with E-state index in [-0.39, 0.29) is 28.2 Å². The van der Waals surface area contributed by atoms with Crippen LogP contribution >= 0.6 is 11.6 Å². The Labute approximate surface area is 153 Å². The van der Waals surface area contributed by atoms with Crippen molar-refractivity contribution in [1.82, 2.24) is 5.32 Å². The Morgan fingerprint density at radius 2 is 1.80 bits per heavy atom. The SMILES string of the molecule is Cc1ccc(C)c(C(C)NC(=O)c2cc(NS(C)(=O)=O)ccc2Cl)c1. The quantitative estimate of drug-likeness (QED) is 0.827. The number of amides is 1. The number of benzene rings is 2. The molecule has 1 unspecified atom stereocenters. The van der Waals surface area contributed by atoms with Crippen molar-refractivity contribution in [3.8, 4) is 0 Å². The molecule has 0 heterocycles. The van der Waals surface area contributed by atoms with Crippen LogP contribution in [0.3, 0.4) is 0 Å². The molecule has 2 N–H and O–H groups in total. The predicted molar refractivity (Wildman–Crippen MR) is 102 cm³/mol. The Bertz CT molecular complexity index is 911. The van der Waals surface area contributed by atoms with Gasteiger partial charge in [-0.05, 0) is 50.1 Å². The van der Waals surface area contributed by atoms with Crippen molar-refractivity contribution in [1.29, 1.82) is 0 Å². The maximum absolute atomic E-state index is 12.6. The van der Waals surface area contributed by atoms with Crippen molar-refractivity contribution in [3.63, 3.8) is 0 Å². The van der Waals surface area contributed by atoms with Crippen LogP contribution in [0.4, 0.5) is 5.69 Å². The van der Waals surface area contributed by atoms with Crippen LogP contribution in [-0.4, -0.2) is 20.6 Å². The molecule has 1 amide bonds. The van der Waals surface area contributed by atoms with E-state index in [9.17, 15) is 13.2 Å². The molecule has 25 heavy (non-hydrogen) atoms. The summed E-state index contributed by atoms with van der Waals surface area (Å²) in [6, 6.07) is 10.3. The number of sulfonamides is 1. The lowest BCUT2D eigenvalue weighted by Crippen LogP contribution is -2.27. The second-order valence-corrected chi connectivity index (χ2v) is 8.28. The molecule has 5 nitrogen and oxygen atoms in total. The Morgan fingerprint density at radius 1 is 1.12 bits per heavy atom. The Kier molecular flexibility index (Phi) is 5.75. The molecule has 7 heteroatoms. The van der Waals surface area contributed by atoms with Crippen LogP contribution in [-0.2, 0) is 10.0 Å². The van der Waals surface area contributed by atoms with Crippen LogP contribution in [0.1, 0.15) is 40.0 Å². The van der Waals surface area contributed by atoms with Gasteiger partial charge in [0.2, 0.25) is 10.0 Å². The minimum atomic E-state index is -3.43. The average Bonchev–Trinajstić information content (AvgIpc) is 2.50. The first-order valence-corrected chi connectivity index (χ1v) is 9.99. The number of rotatable bonds is 5. The van der Waals surface area contributed by atoms with Gasteiger partial charge >= 0.3 is 0 Å². The monoisotopic (exact) mass is 380 g/mol. The fraction of sp³-hybridized carbons (Fsp3) is 0.278. The minimum Gasteiger partial charge on any atom is -0.345 e. The van der Waals surface area contributed by atoms with E-state index in [4.69, 9.17) is 11.6 Å². The zero-order valence-corrected chi connectivity index (χ0v) is 16.1. The molecule has 2 rings (SSSR count). The predicted octanol–water partition coefficient (Wildman–Crippen LogP) is 3.82. The second-order valence-electron chi connectivity index (χ2n) is 6.12. The average molecular weight is 381 g/mol. The van der Waals surface area contributed by atoms with E-state index < -0.39 is 10.0 Å². The highest BCUT2D eigenvalue weighted by Gasteiger charge is 2.17. The lowest BCUT2D eigenvalue weighted by molar-refractivity contribution is 0.0940. The normalized spacial score (nSPS) is 12.5. The number of aryl methyl sites for hydroxylation is 2. The molecule has 0 aliphatic heterocycles. The number of hydrogen-bond donors (Lipinski definition) is 2. The van der Waals surface area contributed by atoms with Crippen molar-refractivity contribution in [2.75, 3.05) is 11.0 Å². The highest BCUT2D eigenvalue weighted by atomic mass is 35.5. The molecule has 0 bridgehead atoms. The van der Waals surface area contributed by atoms with Crippen LogP contribution in [0.2, 0.25) is 5.02 Å². The molecular weight excluding hydrogens is 360 g/mol. The highest BCUT2D eigenvalue weighted by Crippen LogP contribution is 2.24. The standard InChI is InChI=1S/C18H21ClN2O3S/c1-11-5-6-12(2)15(9-11)13(3)20-18(22)16-10-14(7-8-17(16)19)21-25(4,23)24/h5-10,13,21H,1-4H3,(H,20,22). The smallest absolute Gasteiger partial charge is 0.253 e. The maximum Gasteiger partial charge on any atom is 0.253 e. The maximum atomic E-state index is 12.6. The number of hydrogen-bond acceptors (Lipinski definition) is 3. The first-order valence-electron chi connectivity index (χ1n) is 7.72. The number of halogens is 1. The van der Waals surface area contributed by atoms with Crippen molar-refractivity contribution in [3.05, 3.63) is 63.7 Å². The summed E-state index contributed by atoms with van der Waals surface area (Å²) in [7, 11) is -3.43. The molecule has 0 saturated heterocycles. The van der Waals surface area contributed by atoms with Gasteiger partial charge in [0.05, 0.1) is 22.9 Å². The summed E-state index contributed by atoms with van der Waals surface area (Å²) in [6.07, 6.45) is 1.05. The first kappa shape index (κ1) is 19.3. The van der Waals surface area contributed by atoms with E-state index >= 15 is 0 Å². The van der Waals surface area contributed by atoms with Crippen LogP contribution in [0, 0.1) is 13.8 Å². The molecule has 0 spiro atoms. The fourth-order valence-electron chi connectivity index (χ4n) is 2.56. The molecule has 2 aromatic rings. The third kappa shape index (κ3) is 5.21. The topological polar surface area (TPSA) is 75.3 Å². The third-order valence-electron chi connectivity index (χ3n) is 3.76. The van der Waals surface area contributed by atoms with Gasteiger partial charge in [-0.15, -0.1) is 0 Å². The number of carbonyl (C=O) groups excluding carboxylic acids is 1. The van der Waals surface area contributed by atoms with E-state index in [1.807, 2.05) is 39.0 Å². The third-order valence-corrected chi connectivity index (χ3v) is 4.70. The summed E-state index contributed by atoms with van der Waals surface area (Å²) in [5.74, 6) is -0.365. The summed E-state index contributed by atoms with van der Waals surface area (Å²) in [5, 5.41) is 3.17. The highest BCUT2D eigenvalue weighted by molar-refractivity contribution is 7.92. The van der Waals surface area contributed by atoms with Gasteiger partial charge in [-0.2, -0.15) is 0 Å². The molecule has 2 aromatic carbocycles. The summed E-state index contributed by atoms with van der Waals surface area (Å²) >= 11 is 6.11. The summed E-state index contributed by atoms with van der Waals surface area (Å²) < 4.78 is 25.0. The van der Waals surface area contributed by atoms with Crippen molar-refractivity contribution in [2.45, 2.75) is 26.8 Å². The van der Waals surface area contributed by atoms with Crippen molar-refractivity contribution >= 4 is 33.2 Å².